The Morgan fingerprint density at radius 2 is 1.92 bits per heavy atom. The van der Waals surface area contributed by atoms with Crippen LogP contribution in [0, 0.1) is 0 Å². The first-order valence-electron chi connectivity index (χ1n) is 8.31. The molecule has 0 saturated carbocycles. The zero-order chi connectivity index (χ0) is 17.2. The summed E-state index contributed by atoms with van der Waals surface area (Å²) in [5.74, 6) is 0.0851. The Balaban J connectivity index is 1.54. The second-order valence-electron chi connectivity index (χ2n) is 6.09. The van der Waals surface area contributed by atoms with Crippen LogP contribution >= 0.6 is 0 Å². The van der Waals surface area contributed by atoms with Crippen molar-refractivity contribution in [2.75, 3.05) is 11.9 Å². The predicted octanol–water partition coefficient (Wildman–Crippen LogP) is 2.28. The van der Waals surface area contributed by atoms with Crippen molar-refractivity contribution in [2.45, 2.75) is 18.9 Å². The Morgan fingerprint density at radius 3 is 2.76 bits per heavy atom. The number of hydrogen-bond acceptors (Lipinski definition) is 3. The van der Waals surface area contributed by atoms with E-state index in [1.165, 1.54) is 0 Å². The van der Waals surface area contributed by atoms with E-state index in [1.807, 2.05) is 59.2 Å². The van der Waals surface area contributed by atoms with Gasteiger partial charge in [0.2, 0.25) is 17.8 Å². The third-order valence-corrected chi connectivity index (χ3v) is 4.40. The minimum Gasteiger partial charge on any atom is -0.354 e. The van der Waals surface area contributed by atoms with Crippen LogP contribution in [0.4, 0.5) is 5.95 Å². The summed E-state index contributed by atoms with van der Waals surface area (Å²) in [7, 11) is 0. The van der Waals surface area contributed by atoms with E-state index in [2.05, 4.69) is 15.6 Å². The second kappa shape index (κ2) is 6.39. The number of amides is 2. The van der Waals surface area contributed by atoms with E-state index in [-0.39, 0.29) is 18.2 Å². The highest BCUT2D eigenvalue weighted by atomic mass is 16.2. The highest BCUT2D eigenvalue weighted by molar-refractivity contribution is 5.99. The van der Waals surface area contributed by atoms with Crippen LogP contribution in [0.15, 0.2) is 54.6 Å². The van der Waals surface area contributed by atoms with Gasteiger partial charge in [0, 0.05) is 6.54 Å². The summed E-state index contributed by atoms with van der Waals surface area (Å²) < 4.78 is 1.81. The van der Waals surface area contributed by atoms with Crippen LogP contribution in [0.2, 0.25) is 0 Å². The number of para-hydroxylation sites is 2. The maximum atomic E-state index is 12.7. The van der Waals surface area contributed by atoms with Gasteiger partial charge in [-0.2, -0.15) is 0 Å². The fourth-order valence-corrected chi connectivity index (χ4v) is 3.19. The summed E-state index contributed by atoms with van der Waals surface area (Å²) in [6.07, 6.45) is 0.869. The Hall–Kier alpha value is -3.15. The number of nitrogens with one attached hydrogen (secondary N) is 2. The monoisotopic (exact) mass is 334 g/mol. The quantitative estimate of drug-likeness (QED) is 0.768. The van der Waals surface area contributed by atoms with Crippen LogP contribution in [-0.2, 0) is 16.0 Å². The van der Waals surface area contributed by atoms with E-state index in [9.17, 15) is 9.59 Å². The third-order valence-electron chi connectivity index (χ3n) is 4.40. The minimum absolute atomic E-state index is 0.116. The molecule has 6 heteroatoms. The molecular formula is C19H18N4O2. The molecule has 1 aromatic heterocycles. The average Bonchev–Trinajstić information content (AvgIpc) is 2.99. The van der Waals surface area contributed by atoms with E-state index in [1.54, 1.807) is 0 Å². The number of nitrogens with zero attached hydrogens (tertiary/aromatic N) is 2. The van der Waals surface area contributed by atoms with Gasteiger partial charge in [0.05, 0.1) is 17.5 Å². The van der Waals surface area contributed by atoms with Crippen LogP contribution in [0.3, 0.4) is 0 Å². The largest absolute Gasteiger partial charge is 0.354 e. The number of hydrogen-bond donors (Lipinski definition) is 2. The summed E-state index contributed by atoms with van der Waals surface area (Å²) in [6, 6.07) is 17.0. The average molecular weight is 334 g/mol. The number of benzene rings is 2. The lowest BCUT2D eigenvalue weighted by atomic mass is 10.1. The molecule has 3 aromatic rings. The molecule has 0 saturated heterocycles. The first-order chi connectivity index (χ1) is 12.2. The van der Waals surface area contributed by atoms with Crippen molar-refractivity contribution < 1.29 is 9.59 Å². The Labute approximate surface area is 144 Å². The van der Waals surface area contributed by atoms with Crippen LogP contribution in [0.25, 0.3) is 11.0 Å². The molecule has 2 N–H and O–H groups in total. The molecule has 25 heavy (non-hydrogen) atoms. The molecule has 1 aliphatic heterocycles. The Kier molecular flexibility index (Phi) is 3.93. The Bertz CT molecular complexity index is 933. The van der Waals surface area contributed by atoms with Gasteiger partial charge in [-0.05, 0) is 24.1 Å². The molecule has 0 unspecified atom stereocenters. The van der Waals surface area contributed by atoms with E-state index in [0.29, 0.717) is 12.5 Å². The van der Waals surface area contributed by atoms with Crippen molar-refractivity contribution in [3.05, 3.63) is 60.2 Å². The molecule has 1 aliphatic rings. The lowest BCUT2D eigenvalue weighted by Gasteiger charge is -2.25. The number of carbonyl (C=O) groups is 2. The maximum Gasteiger partial charge on any atom is 0.243 e. The molecule has 6 nitrogen and oxygen atoms in total. The molecule has 0 radical (unpaired) electrons. The maximum absolute atomic E-state index is 12.7. The molecular weight excluding hydrogens is 316 g/mol. The third kappa shape index (κ3) is 2.98. The van der Waals surface area contributed by atoms with Crippen molar-refractivity contribution >= 4 is 28.8 Å². The van der Waals surface area contributed by atoms with E-state index in [0.717, 1.165) is 23.0 Å². The van der Waals surface area contributed by atoms with Crippen LogP contribution < -0.4 is 10.6 Å². The number of anilines is 1. The van der Waals surface area contributed by atoms with Crippen LogP contribution in [0.1, 0.15) is 18.0 Å². The van der Waals surface area contributed by atoms with Gasteiger partial charge in [-0.15, -0.1) is 0 Å². The van der Waals surface area contributed by atoms with Crippen LogP contribution in [0.5, 0.6) is 0 Å². The van der Waals surface area contributed by atoms with Gasteiger partial charge in [0.25, 0.3) is 0 Å². The zero-order valence-electron chi connectivity index (χ0n) is 13.6. The van der Waals surface area contributed by atoms with Crippen molar-refractivity contribution in [1.82, 2.24) is 14.9 Å². The van der Waals surface area contributed by atoms with Gasteiger partial charge in [0.1, 0.15) is 6.04 Å². The van der Waals surface area contributed by atoms with Crippen molar-refractivity contribution in [1.29, 1.82) is 0 Å². The lowest BCUT2D eigenvalue weighted by molar-refractivity contribution is -0.128. The number of carbonyl (C=O) groups excluding carboxylic acids is 2. The highest BCUT2D eigenvalue weighted by Gasteiger charge is 2.32. The topological polar surface area (TPSA) is 76.0 Å². The summed E-state index contributed by atoms with van der Waals surface area (Å²) in [4.78, 5) is 29.1. The smallest absolute Gasteiger partial charge is 0.243 e. The SMILES string of the molecule is O=C1C[C@@H](C(=O)NCCc2ccccc2)n2c(nc3ccccc32)N1. The predicted molar refractivity (Wildman–Crippen MR) is 95.2 cm³/mol. The van der Waals surface area contributed by atoms with Gasteiger partial charge >= 0.3 is 0 Å². The Morgan fingerprint density at radius 1 is 1.16 bits per heavy atom. The molecule has 126 valence electrons. The van der Waals surface area contributed by atoms with Crippen molar-refractivity contribution in [3.63, 3.8) is 0 Å². The minimum atomic E-state index is -0.577. The van der Waals surface area contributed by atoms with Gasteiger partial charge in [-0.1, -0.05) is 42.5 Å². The standard InChI is InChI=1S/C19H18N4O2/c24-17-12-16(18(25)20-11-10-13-6-2-1-3-7-13)23-15-9-5-4-8-14(15)21-19(23)22-17/h1-9,16H,10-12H2,(H,20,25)(H,21,22,24)/t16-/m0/s1. The lowest BCUT2D eigenvalue weighted by Crippen LogP contribution is -2.39. The number of aromatic nitrogens is 2. The zero-order valence-corrected chi connectivity index (χ0v) is 13.6. The molecule has 2 aromatic carbocycles. The summed E-state index contributed by atoms with van der Waals surface area (Å²) in [5.41, 5.74) is 2.78. The second-order valence-corrected chi connectivity index (χ2v) is 6.09. The summed E-state index contributed by atoms with van der Waals surface area (Å²) in [6.45, 7) is 0.531. The molecule has 2 amide bonds. The van der Waals surface area contributed by atoms with Gasteiger partial charge in [0.15, 0.2) is 0 Å². The molecule has 1 atom stereocenters. The fraction of sp³-hybridized carbons (Fsp3) is 0.211. The van der Waals surface area contributed by atoms with Gasteiger partial charge < -0.3 is 5.32 Å². The molecule has 4 rings (SSSR count). The number of rotatable bonds is 4. The fourth-order valence-electron chi connectivity index (χ4n) is 3.19. The van der Waals surface area contributed by atoms with E-state index < -0.39 is 6.04 Å². The first-order valence-corrected chi connectivity index (χ1v) is 8.31. The van der Waals surface area contributed by atoms with Crippen LogP contribution in [-0.4, -0.2) is 27.9 Å². The van der Waals surface area contributed by atoms with Crippen molar-refractivity contribution in [2.24, 2.45) is 0 Å². The molecule has 2 heterocycles. The number of fused-ring (bicyclic) bond motifs is 3. The molecule has 0 fully saturated rings. The number of imidazole rings is 1. The van der Waals surface area contributed by atoms with E-state index >= 15 is 0 Å². The molecule has 0 spiro atoms. The van der Waals surface area contributed by atoms with Gasteiger partial charge in [-0.3, -0.25) is 19.5 Å². The van der Waals surface area contributed by atoms with E-state index in [4.69, 9.17) is 0 Å². The first kappa shape index (κ1) is 15.4. The van der Waals surface area contributed by atoms with Crippen molar-refractivity contribution in [3.8, 4) is 0 Å². The molecule has 0 bridgehead atoms. The highest BCUT2D eigenvalue weighted by Crippen LogP contribution is 2.30. The summed E-state index contributed by atoms with van der Waals surface area (Å²) >= 11 is 0. The normalized spacial score (nSPS) is 16.3. The molecule has 0 aliphatic carbocycles. The summed E-state index contributed by atoms with van der Waals surface area (Å²) in [5, 5.41) is 5.70. The van der Waals surface area contributed by atoms with Gasteiger partial charge in [-0.25, -0.2) is 4.98 Å².